The van der Waals surface area contributed by atoms with Crippen LogP contribution in [0.15, 0.2) is 12.1 Å². The number of alkyl halides is 4. The highest BCUT2D eigenvalue weighted by Crippen LogP contribution is 2.25. The van der Waals surface area contributed by atoms with Gasteiger partial charge in [-0.15, -0.1) is 13.2 Å². The van der Waals surface area contributed by atoms with Crippen LogP contribution in [0.5, 0.6) is 5.75 Å². The molecule has 1 rings (SSSR count). The van der Waals surface area contributed by atoms with Gasteiger partial charge in [0.15, 0.2) is 11.4 Å². The zero-order valence-corrected chi connectivity index (χ0v) is 8.76. The van der Waals surface area contributed by atoms with Crippen molar-refractivity contribution in [2.75, 3.05) is 0 Å². The molecule has 3 nitrogen and oxygen atoms in total. The molecule has 0 saturated heterocycles. The first-order chi connectivity index (χ1) is 6.96. The number of halogens is 4. The summed E-state index contributed by atoms with van der Waals surface area (Å²) in [6.07, 6.45) is -4.82. The maximum Gasteiger partial charge on any atom is 0.573 e. The molecule has 0 radical (unpaired) electrons. The van der Waals surface area contributed by atoms with Crippen molar-refractivity contribution in [2.24, 2.45) is 0 Å². The van der Waals surface area contributed by atoms with Gasteiger partial charge in [-0.1, -0.05) is 15.9 Å². The maximum atomic E-state index is 11.9. The van der Waals surface area contributed by atoms with E-state index in [4.69, 9.17) is 5.26 Å². The Morgan fingerprint density at radius 3 is 2.60 bits per heavy atom. The summed E-state index contributed by atoms with van der Waals surface area (Å²) in [5.41, 5.74) is 0.0744. The molecule has 0 aliphatic heterocycles. The lowest BCUT2D eigenvalue weighted by atomic mass is 10.3. The fraction of sp³-hybridized carbons (Fsp3) is 0.250. The second-order valence-electron chi connectivity index (χ2n) is 2.44. The predicted molar refractivity (Wildman–Crippen MR) is 48.3 cm³/mol. The summed E-state index contributed by atoms with van der Waals surface area (Å²) in [6, 6.07) is 3.94. The molecule has 0 amide bonds. The smallest absolute Gasteiger partial charge is 0.403 e. The van der Waals surface area contributed by atoms with Crippen LogP contribution in [0.3, 0.4) is 0 Å². The van der Waals surface area contributed by atoms with Crippen LogP contribution >= 0.6 is 15.9 Å². The van der Waals surface area contributed by atoms with Crippen LogP contribution in [0.4, 0.5) is 13.2 Å². The molecule has 0 bridgehead atoms. The molecule has 0 saturated carbocycles. The van der Waals surface area contributed by atoms with Gasteiger partial charge in [0.05, 0.1) is 5.69 Å². The molecule has 0 aliphatic rings. The van der Waals surface area contributed by atoms with Crippen molar-refractivity contribution in [1.82, 2.24) is 4.98 Å². The first kappa shape index (κ1) is 11.8. The Labute approximate surface area is 91.6 Å². The minimum atomic E-state index is -4.82. The molecule has 1 heterocycles. The quantitative estimate of drug-likeness (QED) is 0.783. The molecule has 0 atom stereocenters. The molecule has 0 spiro atoms. The molecule has 15 heavy (non-hydrogen) atoms. The van der Waals surface area contributed by atoms with Gasteiger partial charge in [-0.2, -0.15) is 5.26 Å². The molecule has 0 N–H and O–H groups in total. The summed E-state index contributed by atoms with van der Waals surface area (Å²) < 4.78 is 39.2. The highest BCUT2D eigenvalue weighted by atomic mass is 79.9. The van der Waals surface area contributed by atoms with Crippen molar-refractivity contribution in [1.29, 1.82) is 5.26 Å². The normalized spacial score (nSPS) is 10.9. The second-order valence-corrected chi connectivity index (χ2v) is 3.00. The van der Waals surface area contributed by atoms with Gasteiger partial charge >= 0.3 is 6.36 Å². The molecule has 0 unspecified atom stereocenters. The van der Waals surface area contributed by atoms with Crippen LogP contribution in [-0.4, -0.2) is 11.3 Å². The van der Waals surface area contributed by atoms with Crippen molar-refractivity contribution in [2.45, 2.75) is 11.7 Å². The average molecular weight is 281 g/mol. The Morgan fingerprint density at radius 1 is 1.47 bits per heavy atom. The third-order valence-corrected chi connectivity index (χ3v) is 1.96. The number of pyridine rings is 1. The molecule has 1 aromatic rings. The topological polar surface area (TPSA) is 45.9 Å². The Kier molecular flexibility index (Phi) is 3.52. The van der Waals surface area contributed by atoms with Gasteiger partial charge in [0.1, 0.15) is 6.07 Å². The van der Waals surface area contributed by atoms with Gasteiger partial charge in [0.25, 0.3) is 0 Å². The summed E-state index contributed by atoms with van der Waals surface area (Å²) >= 11 is 3.07. The van der Waals surface area contributed by atoms with E-state index in [2.05, 4.69) is 25.7 Å². The molecular formula is C8H4BrF3N2O. The standard InChI is InChI=1S/C8H4BrF3N2O/c9-3-5-1-2-7(6(4-13)14-5)15-8(10,11)12/h1-2H,3H2. The zero-order chi connectivity index (χ0) is 11.5. The fourth-order valence-electron chi connectivity index (χ4n) is 0.848. The zero-order valence-electron chi connectivity index (χ0n) is 7.18. The number of nitriles is 1. The number of rotatable bonds is 2. The van der Waals surface area contributed by atoms with Crippen LogP contribution in [0.25, 0.3) is 0 Å². The molecule has 1 aromatic heterocycles. The molecule has 0 fully saturated rings. The number of nitrogens with zero attached hydrogens (tertiary/aromatic N) is 2. The molecule has 7 heteroatoms. The molecule has 80 valence electrons. The van der Waals surface area contributed by atoms with E-state index >= 15 is 0 Å². The number of aromatic nitrogens is 1. The SMILES string of the molecule is N#Cc1nc(CBr)ccc1OC(F)(F)F. The van der Waals surface area contributed by atoms with Crippen LogP contribution in [0, 0.1) is 11.3 Å². The van der Waals surface area contributed by atoms with Gasteiger partial charge in [-0.05, 0) is 12.1 Å². The lowest BCUT2D eigenvalue weighted by Crippen LogP contribution is -2.18. The Balaban J connectivity index is 3.04. The fourth-order valence-corrected chi connectivity index (χ4v) is 1.16. The van der Waals surface area contributed by atoms with E-state index in [0.717, 1.165) is 6.07 Å². The molecular weight excluding hydrogens is 277 g/mol. The highest BCUT2D eigenvalue weighted by Gasteiger charge is 2.32. The Morgan fingerprint density at radius 2 is 2.13 bits per heavy atom. The number of ether oxygens (including phenoxy) is 1. The van der Waals surface area contributed by atoms with Crippen molar-refractivity contribution >= 4 is 15.9 Å². The largest absolute Gasteiger partial charge is 0.573 e. The van der Waals surface area contributed by atoms with Crippen molar-refractivity contribution < 1.29 is 17.9 Å². The minimum Gasteiger partial charge on any atom is -0.403 e. The van der Waals surface area contributed by atoms with Crippen LogP contribution < -0.4 is 4.74 Å². The monoisotopic (exact) mass is 280 g/mol. The molecule has 0 aliphatic carbocycles. The van der Waals surface area contributed by atoms with Crippen molar-refractivity contribution in [3.63, 3.8) is 0 Å². The summed E-state index contributed by atoms with van der Waals surface area (Å²) in [7, 11) is 0. The lowest BCUT2D eigenvalue weighted by Gasteiger charge is -2.09. The number of hydrogen-bond donors (Lipinski definition) is 0. The first-order valence-corrected chi connectivity index (χ1v) is 4.80. The summed E-state index contributed by atoms with van der Waals surface area (Å²) in [5.74, 6) is -0.588. The third kappa shape index (κ3) is 3.40. The summed E-state index contributed by atoms with van der Waals surface area (Å²) in [6.45, 7) is 0. The van der Waals surface area contributed by atoms with Gasteiger partial charge in [0, 0.05) is 5.33 Å². The van der Waals surface area contributed by atoms with E-state index < -0.39 is 12.1 Å². The maximum absolute atomic E-state index is 11.9. The van der Waals surface area contributed by atoms with Crippen molar-refractivity contribution in [3.8, 4) is 11.8 Å². The van der Waals surface area contributed by atoms with Gasteiger partial charge in [-0.3, -0.25) is 0 Å². The summed E-state index contributed by atoms with van der Waals surface area (Å²) in [5, 5.41) is 8.92. The van der Waals surface area contributed by atoms with E-state index in [-0.39, 0.29) is 5.69 Å². The van der Waals surface area contributed by atoms with Crippen LogP contribution in [0.2, 0.25) is 0 Å². The van der Waals surface area contributed by atoms with Crippen LogP contribution in [0.1, 0.15) is 11.4 Å². The lowest BCUT2D eigenvalue weighted by molar-refractivity contribution is -0.274. The Bertz CT molecular complexity index is 400. The minimum absolute atomic E-state index is 0.355. The van der Waals surface area contributed by atoms with E-state index in [0.29, 0.717) is 11.0 Å². The van der Waals surface area contributed by atoms with Gasteiger partial charge in [-0.25, -0.2) is 4.98 Å². The van der Waals surface area contributed by atoms with Crippen LogP contribution in [-0.2, 0) is 5.33 Å². The first-order valence-electron chi connectivity index (χ1n) is 3.68. The average Bonchev–Trinajstić information content (AvgIpc) is 2.16. The van der Waals surface area contributed by atoms with E-state index in [1.807, 2.05) is 0 Å². The molecule has 0 aromatic carbocycles. The predicted octanol–water partition coefficient (Wildman–Crippen LogP) is 2.75. The highest BCUT2D eigenvalue weighted by molar-refractivity contribution is 9.08. The third-order valence-electron chi connectivity index (χ3n) is 1.38. The van der Waals surface area contributed by atoms with Gasteiger partial charge < -0.3 is 4.74 Å². The van der Waals surface area contributed by atoms with E-state index in [1.165, 1.54) is 12.1 Å². The second kappa shape index (κ2) is 4.49. The summed E-state index contributed by atoms with van der Waals surface area (Å²) in [4.78, 5) is 3.66. The van der Waals surface area contributed by atoms with E-state index in [9.17, 15) is 13.2 Å². The van der Waals surface area contributed by atoms with Gasteiger partial charge in [0.2, 0.25) is 0 Å². The number of hydrogen-bond acceptors (Lipinski definition) is 3. The van der Waals surface area contributed by atoms with Crippen molar-refractivity contribution in [3.05, 3.63) is 23.5 Å². The van der Waals surface area contributed by atoms with E-state index in [1.54, 1.807) is 0 Å². The Hall–Kier alpha value is -1.29.